The van der Waals surface area contributed by atoms with Gasteiger partial charge >= 0.3 is 0 Å². The second-order valence-electron chi connectivity index (χ2n) is 4.99. The molecule has 1 heterocycles. The number of likely N-dealkylation sites (tertiary alicyclic amines) is 1. The van der Waals surface area contributed by atoms with E-state index in [-0.39, 0.29) is 35.1 Å². The number of rotatable bonds is 2. The van der Waals surface area contributed by atoms with E-state index in [1.807, 2.05) is 6.92 Å². The molecule has 0 radical (unpaired) electrons. The Morgan fingerprint density at radius 1 is 1.58 bits per heavy atom. The largest absolute Gasteiger partial charge is 0.394 e. The molecule has 3 nitrogen and oxygen atoms in total. The minimum Gasteiger partial charge on any atom is -0.394 e. The average Bonchev–Trinajstić information content (AvgIpc) is 2.37. The predicted octanol–water partition coefficient (Wildman–Crippen LogP) is 2.71. The summed E-state index contributed by atoms with van der Waals surface area (Å²) in [5, 5.41) is 9.57. The lowest BCUT2D eigenvalue weighted by Gasteiger charge is -2.39. The van der Waals surface area contributed by atoms with Gasteiger partial charge in [0, 0.05) is 6.54 Å². The first-order valence-electron chi connectivity index (χ1n) is 6.41. The molecule has 0 aromatic heterocycles. The van der Waals surface area contributed by atoms with Crippen molar-refractivity contribution in [3.8, 4) is 0 Å². The van der Waals surface area contributed by atoms with Crippen molar-refractivity contribution in [2.75, 3.05) is 13.2 Å². The topological polar surface area (TPSA) is 40.5 Å². The second kappa shape index (κ2) is 5.88. The van der Waals surface area contributed by atoms with Gasteiger partial charge in [-0.05, 0) is 37.0 Å². The van der Waals surface area contributed by atoms with Crippen LogP contribution in [0.2, 0.25) is 5.02 Å². The van der Waals surface area contributed by atoms with Crippen molar-refractivity contribution in [3.05, 3.63) is 34.6 Å². The molecule has 2 rings (SSSR count). The molecule has 19 heavy (non-hydrogen) atoms. The highest BCUT2D eigenvalue weighted by Gasteiger charge is 2.32. The summed E-state index contributed by atoms with van der Waals surface area (Å²) in [4.78, 5) is 14.1. The molecule has 0 aliphatic carbocycles. The highest BCUT2D eigenvalue weighted by Crippen LogP contribution is 2.27. The molecule has 0 spiro atoms. The zero-order chi connectivity index (χ0) is 14.0. The van der Waals surface area contributed by atoms with Gasteiger partial charge in [0.15, 0.2) is 0 Å². The Balaban J connectivity index is 2.27. The minimum absolute atomic E-state index is 0.0638. The minimum atomic E-state index is -0.465. The summed E-state index contributed by atoms with van der Waals surface area (Å²) in [6.07, 6.45) is 1.90. The number of benzene rings is 1. The van der Waals surface area contributed by atoms with Crippen molar-refractivity contribution in [1.29, 1.82) is 0 Å². The van der Waals surface area contributed by atoms with Gasteiger partial charge < -0.3 is 10.0 Å². The first kappa shape index (κ1) is 14.3. The van der Waals surface area contributed by atoms with Gasteiger partial charge in [-0.15, -0.1) is 0 Å². The fourth-order valence-electron chi connectivity index (χ4n) is 2.60. The van der Waals surface area contributed by atoms with Crippen LogP contribution in [0.25, 0.3) is 0 Å². The van der Waals surface area contributed by atoms with E-state index < -0.39 is 5.82 Å². The summed E-state index contributed by atoms with van der Waals surface area (Å²) in [6.45, 7) is 2.56. The Morgan fingerprint density at radius 3 is 2.95 bits per heavy atom. The number of carbonyl (C=O) groups excluding carboxylic acids is 1. The average molecular weight is 286 g/mol. The monoisotopic (exact) mass is 285 g/mol. The maximum Gasteiger partial charge on any atom is 0.255 e. The van der Waals surface area contributed by atoms with E-state index in [1.54, 1.807) is 4.90 Å². The Bertz CT molecular complexity index is 481. The molecule has 0 bridgehead atoms. The van der Waals surface area contributed by atoms with Crippen LogP contribution in [-0.4, -0.2) is 35.1 Å². The molecule has 104 valence electrons. The first-order valence-corrected chi connectivity index (χ1v) is 6.79. The van der Waals surface area contributed by atoms with E-state index in [0.29, 0.717) is 6.54 Å². The molecule has 1 saturated heterocycles. The number of hydrogen-bond acceptors (Lipinski definition) is 2. The number of halogens is 2. The molecule has 0 saturated carbocycles. The van der Waals surface area contributed by atoms with Gasteiger partial charge in [0.25, 0.3) is 5.91 Å². The van der Waals surface area contributed by atoms with Crippen molar-refractivity contribution in [1.82, 2.24) is 4.90 Å². The van der Waals surface area contributed by atoms with E-state index in [9.17, 15) is 14.3 Å². The zero-order valence-corrected chi connectivity index (χ0v) is 11.5. The van der Waals surface area contributed by atoms with Gasteiger partial charge in [0.2, 0.25) is 0 Å². The van der Waals surface area contributed by atoms with Crippen molar-refractivity contribution in [3.63, 3.8) is 0 Å². The Kier molecular flexibility index (Phi) is 4.42. The quantitative estimate of drug-likeness (QED) is 0.908. The lowest BCUT2D eigenvalue weighted by molar-refractivity contribution is 0.0358. The molecule has 1 N–H and O–H groups in total. The van der Waals surface area contributed by atoms with E-state index in [0.717, 1.165) is 18.9 Å². The van der Waals surface area contributed by atoms with Crippen LogP contribution in [0, 0.1) is 11.7 Å². The molecule has 5 heteroatoms. The van der Waals surface area contributed by atoms with E-state index in [1.165, 1.54) is 12.1 Å². The molecule has 1 aromatic rings. The third-order valence-electron chi connectivity index (χ3n) is 3.73. The van der Waals surface area contributed by atoms with Gasteiger partial charge in [-0.1, -0.05) is 18.5 Å². The molecular weight excluding hydrogens is 269 g/mol. The molecule has 1 amide bonds. The molecule has 1 aliphatic heterocycles. The van der Waals surface area contributed by atoms with Crippen LogP contribution >= 0.6 is 11.6 Å². The second-order valence-corrected chi connectivity index (χ2v) is 5.40. The molecular formula is C14H17ClFNO2. The Labute approximate surface area is 117 Å². The highest BCUT2D eigenvalue weighted by molar-refractivity contribution is 6.33. The van der Waals surface area contributed by atoms with E-state index in [4.69, 9.17) is 11.6 Å². The summed E-state index contributed by atoms with van der Waals surface area (Å²) >= 11 is 5.92. The third kappa shape index (κ3) is 2.90. The summed E-state index contributed by atoms with van der Waals surface area (Å²) in [6, 6.07) is 3.56. The lowest BCUT2D eigenvalue weighted by atomic mass is 9.90. The number of aliphatic hydroxyl groups is 1. The first-order chi connectivity index (χ1) is 9.04. The fourth-order valence-corrected chi connectivity index (χ4v) is 2.85. The van der Waals surface area contributed by atoms with E-state index >= 15 is 0 Å². The summed E-state index contributed by atoms with van der Waals surface area (Å²) in [5.41, 5.74) is 0.288. The number of piperidine rings is 1. The number of nitrogens with zero attached hydrogens (tertiary/aromatic N) is 1. The molecule has 1 aromatic carbocycles. The summed E-state index contributed by atoms with van der Waals surface area (Å²) < 4.78 is 13.0. The van der Waals surface area contributed by atoms with Crippen LogP contribution in [0.1, 0.15) is 30.1 Å². The zero-order valence-electron chi connectivity index (χ0n) is 10.8. The number of amides is 1. The highest BCUT2D eigenvalue weighted by atomic mass is 35.5. The van der Waals surface area contributed by atoms with Crippen molar-refractivity contribution < 1.29 is 14.3 Å². The maximum absolute atomic E-state index is 13.0. The van der Waals surface area contributed by atoms with Crippen LogP contribution in [-0.2, 0) is 0 Å². The van der Waals surface area contributed by atoms with Crippen LogP contribution in [0.15, 0.2) is 18.2 Å². The van der Waals surface area contributed by atoms with Crippen LogP contribution in [0.5, 0.6) is 0 Å². The number of hydrogen-bond donors (Lipinski definition) is 1. The maximum atomic E-state index is 13.0. The van der Waals surface area contributed by atoms with Crippen molar-refractivity contribution in [2.24, 2.45) is 5.92 Å². The van der Waals surface area contributed by atoms with Gasteiger partial charge in [-0.3, -0.25) is 4.79 Å². The SMILES string of the molecule is C[C@H]1CCCN(C(=O)c2ccc(F)cc2Cl)[C@H]1CO. The van der Waals surface area contributed by atoms with Gasteiger partial charge in [-0.25, -0.2) is 4.39 Å². The third-order valence-corrected chi connectivity index (χ3v) is 4.04. The molecule has 0 unspecified atom stereocenters. The van der Waals surface area contributed by atoms with Gasteiger partial charge in [-0.2, -0.15) is 0 Å². The fraction of sp³-hybridized carbons (Fsp3) is 0.500. The molecule has 1 aliphatic rings. The normalized spacial score (nSPS) is 23.5. The number of carbonyl (C=O) groups is 1. The Morgan fingerprint density at radius 2 is 2.32 bits per heavy atom. The van der Waals surface area contributed by atoms with Gasteiger partial charge in [0.1, 0.15) is 5.82 Å². The number of aliphatic hydroxyl groups excluding tert-OH is 1. The standard InChI is InChI=1S/C14H17ClFNO2/c1-9-3-2-6-17(13(9)8-18)14(19)11-5-4-10(16)7-12(11)15/h4-5,7,9,13,18H,2-3,6,8H2,1H3/t9-,13-/m0/s1. The van der Waals surface area contributed by atoms with Crippen LogP contribution < -0.4 is 0 Å². The van der Waals surface area contributed by atoms with Crippen LogP contribution in [0.3, 0.4) is 0 Å². The van der Waals surface area contributed by atoms with Crippen LogP contribution in [0.4, 0.5) is 4.39 Å². The van der Waals surface area contributed by atoms with Gasteiger partial charge in [0.05, 0.1) is 23.2 Å². The predicted molar refractivity (Wildman–Crippen MR) is 71.7 cm³/mol. The molecule has 2 atom stereocenters. The van der Waals surface area contributed by atoms with Crippen molar-refractivity contribution >= 4 is 17.5 Å². The Hall–Kier alpha value is -1.13. The summed E-state index contributed by atoms with van der Waals surface area (Å²) in [5.74, 6) is -0.454. The summed E-state index contributed by atoms with van der Waals surface area (Å²) in [7, 11) is 0. The lowest BCUT2D eigenvalue weighted by Crippen LogP contribution is -2.49. The van der Waals surface area contributed by atoms with E-state index in [2.05, 4.69) is 0 Å². The smallest absolute Gasteiger partial charge is 0.255 e. The van der Waals surface area contributed by atoms with Crippen molar-refractivity contribution in [2.45, 2.75) is 25.8 Å². The molecule has 1 fully saturated rings.